The smallest absolute Gasteiger partial charge is 0.187 e. The van der Waals surface area contributed by atoms with Gasteiger partial charge in [0.25, 0.3) is 0 Å². The van der Waals surface area contributed by atoms with Crippen LogP contribution in [0.1, 0.15) is 5.56 Å². The Hall–Kier alpha value is -3.65. The third-order valence-electron chi connectivity index (χ3n) is 4.67. The molecule has 3 aromatic heterocycles. The van der Waals surface area contributed by atoms with E-state index in [1.165, 1.54) is 33.5 Å². The van der Waals surface area contributed by atoms with E-state index in [0.29, 0.717) is 22.2 Å². The fraction of sp³-hybridized carbons (Fsp3) is 0.0476. The molecule has 0 fully saturated rings. The van der Waals surface area contributed by atoms with Crippen LogP contribution in [0.2, 0.25) is 0 Å². The van der Waals surface area contributed by atoms with Gasteiger partial charge in [-0.15, -0.1) is 21.5 Å². The number of halogens is 1. The molecule has 0 unspecified atom stereocenters. The van der Waals surface area contributed by atoms with Gasteiger partial charge in [0.1, 0.15) is 10.8 Å². The number of aryl methyl sites for hydroxylation is 1. The molecule has 0 saturated carbocycles. The highest BCUT2D eigenvalue weighted by Crippen LogP contribution is 2.32. The topological polar surface area (TPSA) is 82.0 Å². The van der Waals surface area contributed by atoms with Crippen LogP contribution in [0.3, 0.4) is 0 Å². The molecule has 5 aromatic rings. The van der Waals surface area contributed by atoms with Gasteiger partial charge in [0.15, 0.2) is 17.2 Å². The number of aromatic nitrogens is 5. The molecular weight excluding hydrogens is 387 g/mol. The Labute approximate surface area is 169 Å². The van der Waals surface area contributed by atoms with Gasteiger partial charge in [-0.25, -0.2) is 9.37 Å². The molecule has 0 aliphatic carbocycles. The lowest BCUT2D eigenvalue weighted by Crippen LogP contribution is -2.05. The number of benzene rings is 2. The number of hydrogen-bond donors (Lipinski definition) is 1. The zero-order valence-electron chi connectivity index (χ0n) is 15.4. The fourth-order valence-electron chi connectivity index (χ4n) is 3.09. The van der Waals surface area contributed by atoms with Crippen LogP contribution in [0.15, 0.2) is 60.1 Å². The molecule has 0 amide bonds. The van der Waals surface area contributed by atoms with Gasteiger partial charge in [-0.3, -0.25) is 0 Å². The van der Waals surface area contributed by atoms with Crippen molar-refractivity contribution in [2.75, 3.05) is 5.73 Å². The van der Waals surface area contributed by atoms with Crippen LogP contribution >= 0.6 is 11.3 Å². The lowest BCUT2D eigenvalue weighted by atomic mass is 10.1. The van der Waals surface area contributed by atoms with Gasteiger partial charge in [0.05, 0.1) is 11.9 Å². The second-order valence-corrected chi connectivity index (χ2v) is 7.50. The summed E-state index contributed by atoms with van der Waals surface area (Å²) in [4.78, 5) is 4.68. The molecule has 2 aromatic carbocycles. The highest BCUT2D eigenvalue weighted by Gasteiger charge is 2.18. The average Bonchev–Trinajstić information content (AvgIpc) is 3.37. The number of nitrogen functional groups attached to an aromatic ring is 1. The maximum Gasteiger partial charge on any atom is 0.187 e. The molecular formula is C21H15FN6S. The van der Waals surface area contributed by atoms with Crippen molar-refractivity contribution >= 4 is 22.8 Å². The predicted octanol–water partition coefficient (Wildman–Crippen LogP) is 4.61. The molecule has 2 N–H and O–H groups in total. The van der Waals surface area contributed by atoms with Gasteiger partial charge in [0, 0.05) is 16.5 Å². The van der Waals surface area contributed by atoms with Crippen molar-refractivity contribution in [3.63, 3.8) is 0 Å². The fourth-order valence-corrected chi connectivity index (χ4v) is 3.91. The highest BCUT2D eigenvalue weighted by molar-refractivity contribution is 7.13. The maximum atomic E-state index is 13.2. The predicted molar refractivity (Wildman–Crippen MR) is 112 cm³/mol. The van der Waals surface area contributed by atoms with Crippen LogP contribution in [0.4, 0.5) is 10.2 Å². The second-order valence-electron chi connectivity index (χ2n) is 6.64. The molecule has 6 nitrogen and oxygen atoms in total. The van der Waals surface area contributed by atoms with Gasteiger partial charge in [-0.05, 0) is 24.6 Å². The Morgan fingerprint density at radius 2 is 1.69 bits per heavy atom. The Balaban J connectivity index is 1.56. The maximum absolute atomic E-state index is 13.2. The van der Waals surface area contributed by atoms with Crippen LogP contribution in [-0.4, -0.2) is 24.8 Å². The monoisotopic (exact) mass is 402 g/mol. The molecule has 5 rings (SSSR count). The SMILES string of the molecule is Cc1ccc(-c2csc(-c3nnc4c(-c5ccc(F)cc5)cnn4c3N)n2)cc1. The Morgan fingerprint density at radius 1 is 0.966 bits per heavy atom. The molecule has 3 heterocycles. The first kappa shape index (κ1) is 17.4. The number of hydrogen-bond acceptors (Lipinski definition) is 6. The van der Waals surface area contributed by atoms with E-state index >= 15 is 0 Å². The third kappa shape index (κ3) is 3.03. The molecule has 0 atom stereocenters. The number of thiazole rings is 1. The first-order valence-electron chi connectivity index (χ1n) is 8.89. The summed E-state index contributed by atoms with van der Waals surface area (Å²) >= 11 is 1.45. The number of rotatable bonds is 3. The van der Waals surface area contributed by atoms with Gasteiger partial charge in [0.2, 0.25) is 0 Å². The number of nitrogens with two attached hydrogens (primary N) is 1. The van der Waals surface area contributed by atoms with Crippen molar-refractivity contribution in [2.45, 2.75) is 6.92 Å². The van der Waals surface area contributed by atoms with Crippen molar-refractivity contribution in [3.8, 4) is 33.1 Å². The summed E-state index contributed by atoms with van der Waals surface area (Å²) in [6.07, 6.45) is 1.65. The average molecular weight is 402 g/mol. The van der Waals surface area contributed by atoms with Gasteiger partial charge >= 0.3 is 0 Å². The lowest BCUT2D eigenvalue weighted by Gasteiger charge is -2.04. The zero-order valence-corrected chi connectivity index (χ0v) is 16.2. The van der Waals surface area contributed by atoms with E-state index < -0.39 is 0 Å². The van der Waals surface area contributed by atoms with Crippen LogP contribution in [0, 0.1) is 12.7 Å². The number of fused-ring (bicyclic) bond motifs is 1. The molecule has 0 spiro atoms. The molecule has 0 aliphatic rings. The number of nitrogens with zero attached hydrogens (tertiary/aromatic N) is 5. The molecule has 0 bridgehead atoms. The van der Waals surface area contributed by atoms with E-state index in [1.54, 1.807) is 18.3 Å². The largest absolute Gasteiger partial charge is 0.382 e. The minimum atomic E-state index is -0.300. The second kappa shape index (κ2) is 6.75. The van der Waals surface area contributed by atoms with E-state index in [2.05, 4.69) is 32.4 Å². The minimum Gasteiger partial charge on any atom is -0.382 e. The number of anilines is 1. The first-order chi connectivity index (χ1) is 14.1. The van der Waals surface area contributed by atoms with Crippen molar-refractivity contribution in [1.29, 1.82) is 0 Å². The molecule has 0 radical (unpaired) electrons. The Morgan fingerprint density at radius 3 is 2.45 bits per heavy atom. The van der Waals surface area contributed by atoms with Crippen molar-refractivity contribution in [2.24, 2.45) is 0 Å². The summed E-state index contributed by atoms with van der Waals surface area (Å²) in [5, 5.41) is 15.6. The van der Waals surface area contributed by atoms with E-state index in [4.69, 9.17) is 5.73 Å². The third-order valence-corrected chi connectivity index (χ3v) is 5.52. The quantitative estimate of drug-likeness (QED) is 0.476. The standard InChI is InChI=1S/C21H15FN6S/c1-12-2-4-14(5-3-12)17-11-29-21(25-17)18-19(23)28-20(27-26-18)16(10-24-28)13-6-8-15(22)9-7-13/h2-11H,23H2,1H3. The molecule has 0 saturated heterocycles. The Bertz CT molecular complexity index is 1320. The van der Waals surface area contributed by atoms with E-state index in [0.717, 1.165) is 22.4 Å². The minimum absolute atomic E-state index is 0.300. The summed E-state index contributed by atoms with van der Waals surface area (Å²) in [6.45, 7) is 2.05. The van der Waals surface area contributed by atoms with Gasteiger partial charge in [-0.2, -0.15) is 9.61 Å². The molecule has 0 aliphatic heterocycles. The van der Waals surface area contributed by atoms with Crippen molar-refractivity contribution in [1.82, 2.24) is 24.8 Å². The lowest BCUT2D eigenvalue weighted by molar-refractivity contribution is 0.628. The summed E-state index contributed by atoms with van der Waals surface area (Å²) in [5.74, 6) is 0.0550. The first-order valence-corrected chi connectivity index (χ1v) is 9.77. The van der Waals surface area contributed by atoms with E-state index in [1.807, 2.05) is 24.4 Å². The van der Waals surface area contributed by atoms with Crippen molar-refractivity contribution in [3.05, 3.63) is 71.5 Å². The molecule has 8 heteroatoms. The van der Waals surface area contributed by atoms with E-state index in [9.17, 15) is 4.39 Å². The van der Waals surface area contributed by atoms with Crippen LogP contribution in [0.5, 0.6) is 0 Å². The Kier molecular flexibility index (Phi) is 4.06. The van der Waals surface area contributed by atoms with Crippen molar-refractivity contribution < 1.29 is 4.39 Å². The molecule has 29 heavy (non-hydrogen) atoms. The van der Waals surface area contributed by atoms with Crippen LogP contribution < -0.4 is 5.73 Å². The highest BCUT2D eigenvalue weighted by atomic mass is 32.1. The van der Waals surface area contributed by atoms with Gasteiger partial charge in [-0.1, -0.05) is 42.0 Å². The normalized spacial score (nSPS) is 11.2. The van der Waals surface area contributed by atoms with Crippen LogP contribution in [0.25, 0.3) is 38.7 Å². The summed E-state index contributed by atoms with van der Waals surface area (Å²) in [5.41, 5.74) is 11.9. The van der Waals surface area contributed by atoms with E-state index in [-0.39, 0.29) is 5.82 Å². The zero-order chi connectivity index (χ0) is 20.0. The van der Waals surface area contributed by atoms with Crippen LogP contribution in [-0.2, 0) is 0 Å². The summed E-state index contributed by atoms with van der Waals surface area (Å²) < 4.78 is 14.8. The summed E-state index contributed by atoms with van der Waals surface area (Å²) in [6, 6.07) is 14.3. The molecule has 142 valence electrons. The summed E-state index contributed by atoms with van der Waals surface area (Å²) in [7, 11) is 0. The van der Waals surface area contributed by atoms with Gasteiger partial charge < -0.3 is 5.73 Å².